The van der Waals surface area contributed by atoms with Crippen molar-refractivity contribution < 1.29 is 4.79 Å². The van der Waals surface area contributed by atoms with E-state index in [1.807, 2.05) is 12.1 Å². The first-order valence-corrected chi connectivity index (χ1v) is 5.80. The Bertz CT molecular complexity index is 357. The maximum absolute atomic E-state index is 11.6. The van der Waals surface area contributed by atoms with E-state index in [2.05, 4.69) is 22.5 Å². The Hall–Kier alpha value is -1.58. The van der Waals surface area contributed by atoms with Crippen molar-refractivity contribution in [2.75, 3.05) is 11.9 Å². The molecule has 86 valence electrons. The van der Waals surface area contributed by atoms with Crippen LogP contribution in [0.5, 0.6) is 0 Å². The topological polar surface area (TPSA) is 54.0 Å². The van der Waals surface area contributed by atoms with Gasteiger partial charge in [-0.05, 0) is 31.4 Å². The number of nitrogens with zero attached hydrogens (tertiary/aromatic N) is 1. The van der Waals surface area contributed by atoms with Crippen molar-refractivity contribution in [2.45, 2.75) is 32.2 Å². The highest BCUT2D eigenvalue weighted by molar-refractivity contribution is 5.94. The molecular weight excluding hydrogens is 202 g/mol. The summed E-state index contributed by atoms with van der Waals surface area (Å²) in [4.78, 5) is 15.8. The molecule has 0 spiro atoms. The zero-order valence-corrected chi connectivity index (χ0v) is 9.49. The molecular formula is C12H17N3O. The standard InChI is InChI=1S/C12H17N3O/c1-2-7-13-11-6-3-9(8-14-11)12(16)15-10-4-5-10/h3,6,8,10H,2,4-5,7H2,1H3,(H,13,14)(H,15,16). The third kappa shape index (κ3) is 2.95. The lowest BCUT2D eigenvalue weighted by Gasteiger charge is -2.05. The van der Waals surface area contributed by atoms with Gasteiger partial charge in [-0.3, -0.25) is 4.79 Å². The predicted octanol–water partition coefficient (Wildman–Crippen LogP) is 1.80. The Balaban J connectivity index is 1.92. The Labute approximate surface area is 95.5 Å². The number of rotatable bonds is 5. The largest absolute Gasteiger partial charge is 0.370 e. The normalized spacial score (nSPS) is 14.6. The van der Waals surface area contributed by atoms with Crippen LogP contribution in [-0.4, -0.2) is 23.5 Å². The van der Waals surface area contributed by atoms with E-state index in [0.29, 0.717) is 11.6 Å². The maximum Gasteiger partial charge on any atom is 0.253 e. The zero-order valence-electron chi connectivity index (χ0n) is 9.49. The summed E-state index contributed by atoms with van der Waals surface area (Å²) in [7, 11) is 0. The van der Waals surface area contributed by atoms with Crippen LogP contribution < -0.4 is 10.6 Å². The van der Waals surface area contributed by atoms with Gasteiger partial charge >= 0.3 is 0 Å². The van der Waals surface area contributed by atoms with Crippen LogP contribution in [0.1, 0.15) is 36.5 Å². The average Bonchev–Trinajstić information content (AvgIpc) is 3.11. The average molecular weight is 219 g/mol. The van der Waals surface area contributed by atoms with Crippen molar-refractivity contribution in [3.63, 3.8) is 0 Å². The zero-order chi connectivity index (χ0) is 11.4. The second-order valence-electron chi connectivity index (χ2n) is 4.11. The Morgan fingerprint density at radius 1 is 1.50 bits per heavy atom. The summed E-state index contributed by atoms with van der Waals surface area (Å²) < 4.78 is 0. The van der Waals surface area contributed by atoms with E-state index in [9.17, 15) is 4.79 Å². The number of aromatic nitrogens is 1. The predicted molar refractivity (Wildman–Crippen MR) is 63.5 cm³/mol. The summed E-state index contributed by atoms with van der Waals surface area (Å²) in [5.74, 6) is 0.807. The van der Waals surface area contributed by atoms with Crippen LogP contribution >= 0.6 is 0 Å². The summed E-state index contributed by atoms with van der Waals surface area (Å²) in [5.41, 5.74) is 0.633. The number of nitrogens with one attached hydrogen (secondary N) is 2. The molecule has 0 bridgehead atoms. The lowest BCUT2D eigenvalue weighted by molar-refractivity contribution is 0.0951. The molecule has 1 saturated carbocycles. The Kier molecular flexibility index (Phi) is 3.39. The van der Waals surface area contributed by atoms with E-state index in [1.165, 1.54) is 0 Å². The van der Waals surface area contributed by atoms with Gasteiger partial charge in [-0.2, -0.15) is 0 Å². The molecule has 1 fully saturated rings. The fourth-order valence-electron chi connectivity index (χ4n) is 1.38. The monoisotopic (exact) mass is 219 g/mol. The minimum atomic E-state index is -0.0166. The summed E-state index contributed by atoms with van der Waals surface area (Å²) in [6, 6.07) is 4.05. The highest BCUT2D eigenvalue weighted by Crippen LogP contribution is 2.19. The van der Waals surface area contributed by atoms with Crippen LogP contribution in [0.4, 0.5) is 5.82 Å². The number of hydrogen-bond donors (Lipinski definition) is 2. The first kappa shape index (κ1) is 10.9. The third-order valence-electron chi connectivity index (χ3n) is 2.49. The van der Waals surface area contributed by atoms with Gasteiger partial charge in [0.1, 0.15) is 5.82 Å². The fourth-order valence-corrected chi connectivity index (χ4v) is 1.38. The van der Waals surface area contributed by atoms with E-state index >= 15 is 0 Å². The summed E-state index contributed by atoms with van der Waals surface area (Å²) in [6.45, 7) is 3.01. The third-order valence-corrected chi connectivity index (χ3v) is 2.49. The summed E-state index contributed by atoms with van der Waals surface area (Å²) in [5, 5.41) is 6.10. The van der Waals surface area contributed by atoms with Gasteiger partial charge in [-0.15, -0.1) is 0 Å². The van der Waals surface area contributed by atoms with Crippen LogP contribution in [0.2, 0.25) is 0 Å². The lowest BCUT2D eigenvalue weighted by atomic mass is 10.2. The SMILES string of the molecule is CCCNc1ccc(C(=O)NC2CC2)cn1. The van der Waals surface area contributed by atoms with Crippen molar-refractivity contribution in [3.8, 4) is 0 Å². The van der Waals surface area contributed by atoms with Gasteiger partial charge in [0.15, 0.2) is 0 Å². The molecule has 1 amide bonds. The van der Waals surface area contributed by atoms with E-state index < -0.39 is 0 Å². The number of pyridine rings is 1. The minimum absolute atomic E-state index is 0.0166. The molecule has 0 atom stereocenters. The molecule has 0 saturated heterocycles. The molecule has 4 heteroatoms. The van der Waals surface area contributed by atoms with Crippen LogP contribution in [0.25, 0.3) is 0 Å². The van der Waals surface area contributed by atoms with Gasteiger partial charge in [0.2, 0.25) is 0 Å². The first-order valence-electron chi connectivity index (χ1n) is 5.80. The van der Waals surface area contributed by atoms with Gasteiger partial charge in [-0.25, -0.2) is 4.98 Å². The molecule has 1 heterocycles. The van der Waals surface area contributed by atoms with Crippen LogP contribution in [0.3, 0.4) is 0 Å². The van der Waals surface area contributed by atoms with Gasteiger partial charge in [0.25, 0.3) is 5.91 Å². The molecule has 2 N–H and O–H groups in total. The molecule has 0 aromatic carbocycles. The van der Waals surface area contributed by atoms with E-state index in [1.54, 1.807) is 6.20 Å². The van der Waals surface area contributed by atoms with Gasteiger partial charge in [-0.1, -0.05) is 6.92 Å². The van der Waals surface area contributed by atoms with Crippen LogP contribution in [0, 0.1) is 0 Å². The van der Waals surface area contributed by atoms with Crippen molar-refractivity contribution in [3.05, 3.63) is 23.9 Å². The highest BCUT2D eigenvalue weighted by atomic mass is 16.1. The van der Waals surface area contributed by atoms with Crippen molar-refractivity contribution in [2.24, 2.45) is 0 Å². The van der Waals surface area contributed by atoms with Crippen LogP contribution in [-0.2, 0) is 0 Å². The van der Waals surface area contributed by atoms with Crippen LogP contribution in [0.15, 0.2) is 18.3 Å². The molecule has 2 rings (SSSR count). The molecule has 1 aromatic heterocycles. The summed E-state index contributed by atoms with van der Waals surface area (Å²) >= 11 is 0. The fraction of sp³-hybridized carbons (Fsp3) is 0.500. The van der Waals surface area contributed by atoms with Gasteiger partial charge in [0.05, 0.1) is 5.56 Å². The molecule has 0 radical (unpaired) electrons. The Morgan fingerprint density at radius 2 is 2.31 bits per heavy atom. The number of amides is 1. The first-order chi connectivity index (χ1) is 7.79. The van der Waals surface area contributed by atoms with Gasteiger partial charge < -0.3 is 10.6 Å². The van der Waals surface area contributed by atoms with E-state index in [4.69, 9.17) is 0 Å². The second-order valence-corrected chi connectivity index (χ2v) is 4.11. The number of carbonyl (C=O) groups excluding carboxylic acids is 1. The number of anilines is 1. The smallest absolute Gasteiger partial charge is 0.253 e. The summed E-state index contributed by atoms with van der Waals surface area (Å²) in [6.07, 6.45) is 4.89. The molecule has 0 unspecified atom stereocenters. The number of carbonyl (C=O) groups is 1. The van der Waals surface area contributed by atoms with E-state index in [-0.39, 0.29) is 5.91 Å². The van der Waals surface area contributed by atoms with Gasteiger partial charge in [0, 0.05) is 18.8 Å². The molecule has 1 aromatic rings. The number of hydrogen-bond acceptors (Lipinski definition) is 3. The van der Waals surface area contributed by atoms with Crippen molar-refractivity contribution in [1.82, 2.24) is 10.3 Å². The Morgan fingerprint density at radius 3 is 2.88 bits per heavy atom. The second kappa shape index (κ2) is 4.96. The molecule has 0 aliphatic heterocycles. The lowest BCUT2D eigenvalue weighted by Crippen LogP contribution is -2.25. The molecule has 16 heavy (non-hydrogen) atoms. The molecule has 1 aliphatic rings. The van der Waals surface area contributed by atoms with Crippen molar-refractivity contribution in [1.29, 1.82) is 0 Å². The molecule has 4 nitrogen and oxygen atoms in total. The highest BCUT2D eigenvalue weighted by Gasteiger charge is 2.23. The maximum atomic E-state index is 11.6. The molecule has 1 aliphatic carbocycles. The quantitative estimate of drug-likeness (QED) is 0.794. The minimum Gasteiger partial charge on any atom is -0.370 e. The van der Waals surface area contributed by atoms with E-state index in [0.717, 1.165) is 31.6 Å². The van der Waals surface area contributed by atoms with Crippen molar-refractivity contribution >= 4 is 11.7 Å².